The predicted octanol–water partition coefficient (Wildman–Crippen LogP) is 3.29. The van der Waals surface area contributed by atoms with Crippen LogP contribution in [-0.2, 0) is 5.75 Å². The van der Waals surface area contributed by atoms with Gasteiger partial charge in [0.25, 0.3) is 5.56 Å². The highest BCUT2D eigenvalue weighted by Crippen LogP contribution is 2.36. The minimum atomic E-state index is -4.82. The summed E-state index contributed by atoms with van der Waals surface area (Å²) in [6.45, 7) is 0. The highest BCUT2D eigenvalue weighted by molar-refractivity contribution is 8.38. The van der Waals surface area contributed by atoms with Gasteiger partial charge in [-0.15, -0.1) is 13.2 Å². The van der Waals surface area contributed by atoms with Crippen LogP contribution in [0.4, 0.5) is 18.9 Å². The molecule has 0 spiro atoms. The first kappa shape index (κ1) is 19.1. The largest absolute Gasteiger partial charge is 0.573 e. The molecule has 1 aromatic carbocycles. The van der Waals surface area contributed by atoms with Crippen molar-refractivity contribution in [3.05, 3.63) is 45.9 Å². The molecular formula is C15H10F3N5O2S2. The molecule has 1 N–H and O–H groups in total. The van der Waals surface area contributed by atoms with Crippen molar-refractivity contribution in [3.8, 4) is 11.8 Å². The fraction of sp³-hybridized carbons (Fsp3) is 0.200. The van der Waals surface area contributed by atoms with Gasteiger partial charge in [0.05, 0.1) is 23.5 Å². The first-order valence-electron chi connectivity index (χ1n) is 7.26. The highest BCUT2D eigenvalue weighted by Gasteiger charge is 2.31. The number of thioether (sulfide) groups is 2. The van der Waals surface area contributed by atoms with Crippen molar-refractivity contribution in [2.45, 2.75) is 17.0 Å². The summed E-state index contributed by atoms with van der Waals surface area (Å²) in [5.74, 6) is -0.169. The number of benzene rings is 1. The fourth-order valence-electron chi connectivity index (χ4n) is 2.17. The number of aromatic amines is 1. The molecule has 0 atom stereocenters. The summed E-state index contributed by atoms with van der Waals surface area (Å²) in [6, 6.07) is 5.45. The second-order valence-electron chi connectivity index (χ2n) is 5.17. The van der Waals surface area contributed by atoms with Gasteiger partial charge in [-0.05, 0) is 17.7 Å². The lowest BCUT2D eigenvalue weighted by molar-refractivity contribution is -0.274. The predicted molar refractivity (Wildman–Crippen MR) is 95.7 cm³/mol. The van der Waals surface area contributed by atoms with Crippen LogP contribution in [0.25, 0.3) is 0 Å². The van der Waals surface area contributed by atoms with Crippen molar-refractivity contribution in [2.24, 2.45) is 5.10 Å². The second kappa shape index (κ2) is 7.53. The molecule has 0 amide bonds. The summed E-state index contributed by atoms with van der Waals surface area (Å²) in [5.41, 5.74) is 0.821. The summed E-state index contributed by atoms with van der Waals surface area (Å²) in [5, 5.41) is 21.1. The van der Waals surface area contributed by atoms with Crippen LogP contribution >= 0.6 is 23.5 Å². The third kappa shape index (κ3) is 4.55. The van der Waals surface area contributed by atoms with Crippen molar-refractivity contribution in [1.82, 2.24) is 10.2 Å². The molecule has 3 rings (SSSR count). The number of nitrogens with zero attached hydrogens (tertiary/aromatic N) is 4. The SMILES string of the molecule is CN1N=C(SCc2ccc(OC(F)(F)F)cc2C#N)Sc2c1cn[nH]c2=O. The number of rotatable bonds is 3. The van der Waals surface area contributed by atoms with Crippen LogP contribution in [0.2, 0.25) is 0 Å². The fourth-order valence-corrected chi connectivity index (χ4v) is 4.31. The van der Waals surface area contributed by atoms with E-state index in [0.29, 0.717) is 20.5 Å². The van der Waals surface area contributed by atoms with Crippen molar-refractivity contribution in [3.63, 3.8) is 0 Å². The van der Waals surface area contributed by atoms with Gasteiger partial charge in [-0.25, -0.2) is 5.10 Å². The number of hydrogen-bond acceptors (Lipinski definition) is 8. The Bertz CT molecular complexity index is 1000. The van der Waals surface area contributed by atoms with E-state index in [1.54, 1.807) is 7.05 Å². The normalized spacial score (nSPS) is 13.6. The average molecular weight is 413 g/mol. The summed E-state index contributed by atoms with van der Waals surface area (Å²) in [6.07, 6.45) is -3.34. The van der Waals surface area contributed by atoms with Gasteiger partial charge < -0.3 is 4.74 Å². The molecule has 1 aromatic heterocycles. The molecule has 2 heterocycles. The molecule has 2 aromatic rings. The van der Waals surface area contributed by atoms with Gasteiger partial charge in [-0.1, -0.05) is 29.6 Å². The van der Waals surface area contributed by atoms with Crippen molar-refractivity contribution < 1.29 is 17.9 Å². The molecule has 0 radical (unpaired) electrons. The quantitative estimate of drug-likeness (QED) is 0.825. The van der Waals surface area contributed by atoms with E-state index in [0.717, 1.165) is 23.9 Å². The Morgan fingerprint density at radius 3 is 2.93 bits per heavy atom. The number of fused-ring (bicyclic) bond motifs is 1. The van der Waals surface area contributed by atoms with Crippen LogP contribution in [0.15, 0.2) is 39.2 Å². The lowest BCUT2D eigenvalue weighted by Gasteiger charge is -2.22. The first-order chi connectivity index (χ1) is 12.8. The number of halogens is 3. The van der Waals surface area contributed by atoms with E-state index >= 15 is 0 Å². The second-order valence-corrected chi connectivity index (χ2v) is 7.39. The molecule has 0 unspecified atom stereocenters. The number of anilines is 1. The van der Waals surface area contributed by atoms with Crippen LogP contribution in [0.1, 0.15) is 11.1 Å². The molecule has 1 aliphatic rings. The molecule has 0 saturated carbocycles. The van der Waals surface area contributed by atoms with Gasteiger partial charge >= 0.3 is 6.36 Å². The molecule has 0 aliphatic carbocycles. The first-order valence-corrected chi connectivity index (χ1v) is 9.06. The van der Waals surface area contributed by atoms with E-state index in [2.05, 4.69) is 20.0 Å². The molecule has 0 saturated heterocycles. The Kier molecular flexibility index (Phi) is 5.33. The lowest BCUT2D eigenvalue weighted by Crippen LogP contribution is -2.22. The lowest BCUT2D eigenvalue weighted by atomic mass is 10.1. The zero-order valence-electron chi connectivity index (χ0n) is 13.6. The van der Waals surface area contributed by atoms with Crippen molar-refractivity contribution in [1.29, 1.82) is 5.26 Å². The number of ether oxygens (including phenoxy) is 1. The molecule has 0 bridgehead atoms. The maximum atomic E-state index is 12.3. The summed E-state index contributed by atoms with van der Waals surface area (Å²) < 4.78 is 41.3. The molecule has 0 fully saturated rings. The molecular weight excluding hydrogens is 403 g/mol. The summed E-state index contributed by atoms with van der Waals surface area (Å²) >= 11 is 2.42. The Labute approximate surface area is 159 Å². The zero-order chi connectivity index (χ0) is 19.6. The van der Waals surface area contributed by atoms with Gasteiger partial charge in [-0.2, -0.15) is 15.5 Å². The number of nitrogens with one attached hydrogen (secondary N) is 1. The molecule has 27 heavy (non-hydrogen) atoms. The van der Waals surface area contributed by atoms with Crippen LogP contribution < -0.4 is 15.3 Å². The Morgan fingerprint density at radius 2 is 2.22 bits per heavy atom. The van der Waals surface area contributed by atoms with E-state index in [-0.39, 0.29) is 16.9 Å². The van der Waals surface area contributed by atoms with Gasteiger partial charge in [0, 0.05) is 12.8 Å². The minimum absolute atomic E-state index is 0.0708. The molecule has 12 heteroatoms. The van der Waals surface area contributed by atoms with Gasteiger partial charge in [-0.3, -0.25) is 9.80 Å². The number of hydrogen-bond donors (Lipinski definition) is 1. The molecule has 7 nitrogen and oxygen atoms in total. The molecule has 1 aliphatic heterocycles. The number of alkyl halides is 3. The third-order valence-electron chi connectivity index (χ3n) is 3.35. The van der Waals surface area contributed by atoms with Gasteiger partial charge in [0.15, 0.2) is 4.38 Å². The Morgan fingerprint density at radius 1 is 1.44 bits per heavy atom. The Balaban J connectivity index is 1.75. The monoisotopic (exact) mass is 413 g/mol. The van der Waals surface area contributed by atoms with Crippen LogP contribution in [0.3, 0.4) is 0 Å². The number of hydrazone groups is 1. The Hall–Kier alpha value is -2.65. The van der Waals surface area contributed by atoms with Gasteiger partial charge in [0.2, 0.25) is 0 Å². The van der Waals surface area contributed by atoms with Crippen LogP contribution in [0.5, 0.6) is 5.75 Å². The maximum Gasteiger partial charge on any atom is 0.573 e. The van der Waals surface area contributed by atoms with E-state index < -0.39 is 12.1 Å². The maximum absolute atomic E-state index is 12.3. The van der Waals surface area contributed by atoms with Crippen LogP contribution in [0, 0.1) is 11.3 Å². The smallest absolute Gasteiger partial charge is 0.406 e. The highest BCUT2D eigenvalue weighted by atomic mass is 32.2. The average Bonchev–Trinajstić information content (AvgIpc) is 2.60. The minimum Gasteiger partial charge on any atom is -0.406 e. The number of nitriles is 1. The summed E-state index contributed by atoms with van der Waals surface area (Å²) in [4.78, 5) is 12.3. The van der Waals surface area contributed by atoms with Crippen molar-refractivity contribution >= 4 is 33.6 Å². The molecule has 140 valence electrons. The van der Waals surface area contributed by atoms with E-state index in [1.807, 2.05) is 6.07 Å². The number of aromatic nitrogens is 2. The topological polar surface area (TPSA) is 94.4 Å². The van der Waals surface area contributed by atoms with E-state index in [4.69, 9.17) is 0 Å². The standard InChI is InChI=1S/C15H10F3N5O2S2/c1-23-11-6-20-21-13(24)12(11)27-14(22-23)26-7-8-2-3-10(4-9(8)5-19)25-15(16,17)18/h2-4,6H,7H2,1H3,(H,21,24). The van der Waals surface area contributed by atoms with Crippen molar-refractivity contribution in [2.75, 3.05) is 12.1 Å². The summed E-state index contributed by atoms with van der Waals surface area (Å²) in [7, 11) is 1.67. The number of H-pyrrole nitrogens is 1. The van der Waals surface area contributed by atoms with Crippen LogP contribution in [-0.4, -0.2) is 28.0 Å². The van der Waals surface area contributed by atoms with Gasteiger partial charge in [0.1, 0.15) is 10.6 Å². The van der Waals surface area contributed by atoms with E-state index in [9.17, 15) is 23.2 Å². The van der Waals surface area contributed by atoms with E-state index in [1.165, 1.54) is 29.0 Å². The zero-order valence-corrected chi connectivity index (χ0v) is 15.2. The third-order valence-corrected chi connectivity index (χ3v) is 5.59.